The number of carbonyl (C=O) groups excluding carboxylic acids is 2. The van der Waals surface area contributed by atoms with Crippen LogP contribution in [-0.2, 0) is 16.0 Å². The van der Waals surface area contributed by atoms with E-state index in [4.69, 9.17) is 0 Å². The summed E-state index contributed by atoms with van der Waals surface area (Å²) in [5.74, 6) is -2.75. The fourth-order valence-corrected chi connectivity index (χ4v) is 2.91. The highest BCUT2D eigenvalue weighted by molar-refractivity contribution is 6.09. The van der Waals surface area contributed by atoms with Gasteiger partial charge in [-0.2, -0.15) is 0 Å². The van der Waals surface area contributed by atoms with Crippen LogP contribution >= 0.6 is 0 Å². The minimum atomic E-state index is -1.12. The lowest BCUT2D eigenvalue weighted by atomic mass is 10.1. The largest absolute Gasteiger partial charge is 0.323 e. The van der Waals surface area contributed by atoms with Crippen molar-refractivity contribution in [2.45, 2.75) is 26.7 Å². The van der Waals surface area contributed by atoms with E-state index in [0.29, 0.717) is 17.1 Å². The number of H-pyrrole nitrogens is 1. The summed E-state index contributed by atoms with van der Waals surface area (Å²) in [6.45, 7) is 3.02. The molecule has 2 amide bonds. The first-order valence-electron chi connectivity index (χ1n) is 7.92. The van der Waals surface area contributed by atoms with Crippen LogP contribution in [0.5, 0.6) is 0 Å². The van der Waals surface area contributed by atoms with Gasteiger partial charge >= 0.3 is 0 Å². The number of aromatic amines is 1. The highest BCUT2D eigenvalue weighted by Gasteiger charge is 2.28. The maximum atomic E-state index is 13.6. The summed E-state index contributed by atoms with van der Waals surface area (Å²) < 4.78 is 26.9. The molecule has 1 aromatic carbocycles. The van der Waals surface area contributed by atoms with Gasteiger partial charge in [-0.25, -0.2) is 13.8 Å². The molecule has 2 N–H and O–H groups in total. The number of hydrogen-bond donors (Lipinski definition) is 2. The summed E-state index contributed by atoms with van der Waals surface area (Å²) in [6.07, 6.45) is 0.0325. The van der Waals surface area contributed by atoms with E-state index in [1.165, 1.54) is 0 Å². The van der Waals surface area contributed by atoms with Gasteiger partial charge in [0.25, 0.3) is 5.56 Å². The summed E-state index contributed by atoms with van der Waals surface area (Å²) in [5, 5.41) is 2.41. The van der Waals surface area contributed by atoms with Crippen molar-refractivity contribution >= 4 is 23.2 Å². The van der Waals surface area contributed by atoms with Crippen LogP contribution in [0.2, 0.25) is 0 Å². The predicted octanol–water partition coefficient (Wildman–Crippen LogP) is 1.58. The van der Waals surface area contributed by atoms with Gasteiger partial charge in [0.15, 0.2) is 11.6 Å². The summed E-state index contributed by atoms with van der Waals surface area (Å²) in [6, 6.07) is 1.70. The number of amides is 2. The number of rotatable bonds is 3. The van der Waals surface area contributed by atoms with Crippen LogP contribution in [0.15, 0.2) is 16.9 Å². The van der Waals surface area contributed by atoms with Crippen LogP contribution in [0, 0.1) is 25.5 Å². The summed E-state index contributed by atoms with van der Waals surface area (Å²) in [4.78, 5) is 44.2. The van der Waals surface area contributed by atoms with Crippen molar-refractivity contribution in [1.29, 1.82) is 0 Å². The van der Waals surface area contributed by atoms with Crippen molar-refractivity contribution in [3.8, 4) is 0 Å². The first-order valence-corrected chi connectivity index (χ1v) is 7.92. The monoisotopic (exact) mass is 362 g/mol. The number of anilines is 2. The second kappa shape index (κ2) is 6.66. The number of fused-ring (bicyclic) bond motifs is 1. The van der Waals surface area contributed by atoms with E-state index >= 15 is 0 Å². The molecule has 1 aliphatic rings. The number of carbonyl (C=O) groups is 2. The molecule has 1 aromatic heterocycles. The van der Waals surface area contributed by atoms with Crippen LogP contribution < -0.4 is 15.8 Å². The molecule has 136 valence electrons. The van der Waals surface area contributed by atoms with Gasteiger partial charge in [-0.3, -0.25) is 14.4 Å². The van der Waals surface area contributed by atoms with E-state index in [1.807, 2.05) is 0 Å². The Kier molecular flexibility index (Phi) is 4.54. The van der Waals surface area contributed by atoms with Crippen LogP contribution in [-0.4, -0.2) is 28.3 Å². The molecule has 0 unspecified atom stereocenters. The molecule has 0 bridgehead atoms. The van der Waals surface area contributed by atoms with Gasteiger partial charge in [-0.15, -0.1) is 0 Å². The van der Waals surface area contributed by atoms with Gasteiger partial charge in [0, 0.05) is 29.8 Å². The Bertz CT molecular complexity index is 971. The van der Waals surface area contributed by atoms with E-state index in [0.717, 1.165) is 17.0 Å². The Hall–Kier alpha value is -3.10. The summed E-state index contributed by atoms with van der Waals surface area (Å²) >= 11 is 0. The van der Waals surface area contributed by atoms with Crippen molar-refractivity contribution in [2.75, 3.05) is 16.8 Å². The maximum absolute atomic E-state index is 13.6. The van der Waals surface area contributed by atoms with Gasteiger partial charge in [0.2, 0.25) is 11.8 Å². The number of aromatic nitrogens is 2. The first kappa shape index (κ1) is 17.7. The molecular weight excluding hydrogens is 346 g/mol. The van der Waals surface area contributed by atoms with Gasteiger partial charge < -0.3 is 15.2 Å². The van der Waals surface area contributed by atoms with E-state index in [2.05, 4.69) is 15.3 Å². The van der Waals surface area contributed by atoms with Crippen molar-refractivity contribution < 1.29 is 18.4 Å². The Labute approximate surface area is 147 Å². The number of aryl methyl sites for hydroxylation is 2. The third kappa shape index (κ3) is 3.32. The molecule has 0 aliphatic carbocycles. The van der Waals surface area contributed by atoms with Crippen LogP contribution in [0.4, 0.5) is 20.2 Å². The minimum Gasteiger partial charge on any atom is -0.323 e. The number of nitrogens with one attached hydrogen (secondary N) is 2. The Morgan fingerprint density at radius 3 is 2.62 bits per heavy atom. The molecule has 0 spiro atoms. The summed E-state index contributed by atoms with van der Waals surface area (Å²) in [5.41, 5.74) is 0.674. The zero-order chi connectivity index (χ0) is 19.0. The fraction of sp³-hybridized carbons (Fsp3) is 0.294. The first-order chi connectivity index (χ1) is 12.3. The van der Waals surface area contributed by atoms with Gasteiger partial charge in [-0.1, -0.05) is 0 Å². The molecule has 0 saturated carbocycles. The molecule has 9 heteroatoms. The average molecular weight is 362 g/mol. The molecule has 0 radical (unpaired) electrons. The lowest BCUT2D eigenvalue weighted by Crippen LogP contribution is -2.42. The van der Waals surface area contributed by atoms with Gasteiger partial charge in [0.1, 0.15) is 12.4 Å². The summed E-state index contributed by atoms with van der Waals surface area (Å²) in [7, 11) is 0. The van der Waals surface area contributed by atoms with E-state index in [9.17, 15) is 23.2 Å². The molecule has 7 nitrogen and oxygen atoms in total. The third-order valence-corrected chi connectivity index (χ3v) is 4.14. The lowest BCUT2D eigenvalue weighted by Gasteiger charge is -2.29. The SMILES string of the molecule is Cc1nc(C)c(CCC(=O)N2CC(=O)Nc3cc(F)c(F)cc32)c(=O)[nH]1. The van der Waals surface area contributed by atoms with Crippen LogP contribution in [0.25, 0.3) is 0 Å². The average Bonchev–Trinajstić information content (AvgIpc) is 2.54. The fourth-order valence-electron chi connectivity index (χ4n) is 2.91. The molecule has 0 saturated heterocycles. The Morgan fingerprint density at radius 1 is 1.23 bits per heavy atom. The van der Waals surface area contributed by atoms with E-state index in [1.54, 1.807) is 13.8 Å². The topological polar surface area (TPSA) is 95.2 Å². The van der Waals surface area contributed by atoms with Crippen molar-refractivity contribution in [3.05, 3.63) is 51.2 Å². The molecule has 26 heavy (non-hydrogen) atoms. The molecule has 3 rings (SSSR count). The molecule has 2 heterocycles. The molecule has 0 fully saturated rings. The van der Waals surface area contributed by atoms with E-state index < -0.39 is 23.4 Å². The van der Waals surface area contributed by atoms with E-state index in [-0.39, 0.29) is 36.3 Å². The zero-order valence-corrected chi connectivity index (χ0v) is 14.2. The molecule has 0 atom stereocenters. The Morgan fingerprint density at radius 2 is 1.92 bits per heavy atom. The number of hydrogen-bond acceptors (Lipinski definition) is 4. The normalized spacial score (nSPS) is 13.4. The standard InChI is InChI=1S/C17H16F2N4O3/c1-8-10(17(26)21-9(2)20-8)3-4-16(25)23-7-15(24)22-13-5-11(18)12(19)6-14(13)23/h5-6H,3-4,7H2,1-2H3,(H,22,24)(H,20,21,26). The molecular formula is C17H16F2N4O3. The van der Waals surface area contributed by atoms with Crippen molar-refractivity contribution in [2.24, 2.45) is 0 Å². The third-order valence-electron chi connectivity index (χ3n) is 4.14. The van der Waals surface area contributed by atoms with Crippen LogP contribution in [0.3, 0.4) is 0 Å². The smallest absolute Gasteiger partial charge is 0.254 e. The minimum absolute atomic E-state index is 0.0273. The number of benzene rings is 1. The quantitative estimate of drug-likeness (QED) is 0.867. The second-order valence-electron chi connectivity index (χ2n) is 6.03. The second-order valence-corrected chi connectivity index (χ2v) is 6.03. The zero-order valence-electron chi connectivity index (χ0n) is 14.2. The maximum Gasteiger partial charge on any atom is 0.254 e. The van der Waals surface area contributed by atoms with Crippen LogP contribution in [0.1, 0.15) is 23.5 Å². The predicted molar refractivity (Wildman–Crippen MR) is 90.0 cm³/mol. The Balaban J connectivity index is 1.84. The van der Waals surface area contributed by atoms with Crippen molar-refractivity contribution in [1.82, 2.24) is 9.97 Å². The highest BCUT2D eigenvalue weighted by Crippen LogP contribution is 2.32. The number of nitrogens with zero attached hydrogens (tertiary/aromatic N) is 2. The molecule has 1 aliphatic heterocycles. The highest BCUT2D eigenvalue weighted by atomic mass is 19.2. The van der Waals surface area contributed by atoms with Gasteiger partial charge in [-0.05, 0) is 20.3 Å². The number of halogens is 2. The van der Waals surface area contributed by atoms with Crippen molar-refractivity contribution in [3.63, 3.8) is 0 Å². The lowest BCUT2D eigenvalue weighted by molar-refractivity contribution is -0.121. The molecule has 2 aromatic rings. The van der Waals surface area contributed by atoms with Gasteiger partial charge in [0.05, 0.1) is 11.4 Å².